The summed E-state index contributed by atoms with van der Waals surface area (Å²) in [6.45, 7) is 0. The summed E-state index contributed by atoms with van der Waals surface area (Å²) in [5.41, 5.74) is 1.24. The lowest BCUT2D eigenvalue weighted by Crippen LogP contribution is -2.04. The lowest BCUT2D eigenvalue weighted by Gasteiger charge is -2.03. The lowest BCUT2D eigenvalue weighted by molar-refractivity contribution is 0.0595. The molecule has 2 aromatic rings. The Balaban J connectivity index is 2.41. The van der Waals surface area contributed by atoms with E-state index in [1.807, 2.05) is 0 Å². The second kappa shape index (κ2) is 4.14. The van der Waals surface area contributed by atoms with Gasteiger partial charge in [-0.3, -0.25) is 5.10 Å². The minimum Gasteiger partial charge on any atom is -0.465 e. The summed E-state index contributed by atoms with van der Waals surface area (Å²) in [5.74, 6) is -1.30. The number of esters is 1. The fourth-order valence-electron chi connectivity index (χ4n) is 1.37. The number of methoxy groups -OCH3 is 1. The van der Waals surface area contributed by atoms with Gasteiger partial charge in [0.2, 0.25) is 0 Å². The Kier molecular flexibility index (Phi) is 2.68. The van der Waals surface area contributed by atoms with E-state index in [0.717, 1.165) is 0 Å². The van der Waals surface area contributed by atoms with Gasteiger partial charge < -0.3 is 4.74 Å². The summed E-state index contributed by atoms with van der Waals surface area (Å²) >= 11 is 0. The molecule has 0 aliphatic heterocycles. The number of ether oxygens (including phenoxy) is 1. The molecule has 0 radical (unpaired) electrons. The lowest BCUT2D eigenvalue weighted by atomic mass is 10.1. The molecule has 2 rings (SSSR count). The summed E-state index contributed by atoms with van der Waals surface area (Å²) in [4.78, 5) is 11.1. The van der Waals surface area contributed by atoms with E-state index in [-0.39, 0.29) is 5.56 Å². The van der Waals surface area contributed by atoms with Gasteiger partial charge in [-0.2, -0.15) is 5.10 Å². The zero-order chi connectivity index (χ0) is 11.5. The van der Waals surface area contributed by atoms with Crippen molar-refractivity contribution >= 4 is 5.97 Å². The van der Waals surface area contributed by atoms with Crippen LogP contribution in [0.3, 0.4) is 0 Å². The summed E-state index contributed by atoms with van der Waals surface area (Å²) in [6.07, 6.45) is 1.57. The average molecular weight is 220 g/mol. The van der Waals surface area contributed by atoms with E-state index >= 15 is 0 Å². The van der Waals surface area contributed by atoms with Crippen LogP contribution in [0.25, 0.3) is 11.3 Å². The van der Waals surface area contributed by atoms with Gasteiger partial charge in [-0.25, -0.2) is 9.18 Å². The molecule has 5 heteroatoms. The van der Waals surface area contributed by atoms with E-state index in [0.29, 0.717) is 11.3 Å². The fraction of sp³-hybridized carbons (Fsp3) is 0.0909. The van der Waals surface area contributed by atoms with Gasteiger partial charge in [-0.15, -0.1) is 0 Å². The third kappa shape index (κ3) is 1.79. The number of aromatic nitrogens is 2. The van der Waals surface area contributed by atoms with Crippen LogP contribution >= 0.6 is 0 Å². The Bertz CT molecular complexity index is 509. The van der Waals surface area contributed by atoms with Crippen molar-refractivity contribution in [2.24, 2.45) is 0 Å². The van der Waals surface area contributed by atoms with Crippen LogP contribution in [0.5, 0.6) is 0 Å². The Morgan fingerprint density at radius 1 is 1.44 bits per heavy atom. The Morgan fingerprint density at radius 3 is 2.81 bits per heavy atom. The maximum atomic E-state index is 13.5. The second-order valence-electron chi connectivity index (χ2n) is 3.16. The van der Waals surface area contributed by atoms with Crippen molar-refractivity contribution in [3.05, 3.63) is 41.8 Å². The first-order valence-corrected chi connectivity index (χ1v) is 4.60. The second-order valence-corrected chi connectivity index (χ2v) is 3.16. The van der Waals surface area contributed by atoms with Crippen LogP contribution in [0.4, 0.5) is 4.39 Å². The van der Waals surface area contributed by atoms with Crippen LogP contribution in [-0.4, -0.2) is 23.3 Å². The van der Waals surface area contributed by atoms with E-state index in [1.165, 1.54) is 19.2 Å². The van der Waals surface area contributed by atoms with Crippen molar-refractivity contribution in [1.29, 1.82) is 0 Å². The van der Waals surface area contributed by atoms with Gasteiger partial charge >= 0.3 is 5.97 Å². The number of carbonyl (C=O) groups is 1. The number of hydrogen-bond donors (Lipinski definition) is 1. The molecule has 1 aromatic carbocycles. The van der Waals surface area contributed by atoms with E-state index in [1.54, 1.807) is 18.3 Å². The molecule has 4 nitrogen and oxygen atoms in total. The van der Waals surface area contributed by atoms with Crippen LogP contribution in [0.15, 0.2) is 30.5 Å². The van der Waals surface area contributed by atoms with Gasteiger partial charge in [-0.1, -0.05) is 6.07 Å². The molecule has 82 valence electrons. The standard InChI is InChI=1S/C11H9FN2O2/c1-16-11(15)8-3-2-7(6-9(8)12)10-4-5-13-14-10/h2-6H,1H3,(H,13,14). The van der Waals surface area contributed by atoms with Crippen molar-refractivity contribution < 1.29 is 13.9 Å². The number of rotatable bonds is 2. The summed E-state index contributed by atoms with van der Waals surface area (Å²) in [6, 6.07) is 5.99. The molecule has 0 saturated heterocycles. The molecule has 0 bridgehead atoms. The Morgan fingerprint density at radius 2 is 2.25 bits per heavy atom. The molecule has 1 heterocycles. The van der Waals surface area contributed by atoms with E-state index in [2.05, 4.69) is 14.9 Å². The number of hydrogen-bond acceptors (Lipinski definition) is 3. The molecule has 16 heavy (non-hydrogen) atoms. The van der Waals surface area contributed by atoms with Crippen LogP contribution < -0.4 is 0 Å². The first-order chi connectivity index (χ1) is 7.72. The minimum absolute atomic E-state index is 0.0780. The fourth-order valence-corrected chi connectivity index (χ4v) is 1.37. The van der Waals surface area contributed by atoms with Gasteiger partial charge in [-0.05, 0) is 18.2 Å². The van der Waals surface area contributed by atoms with Gasteiger partial charge in [0.05, 0.1) is 18.4 Å². The quantitative estimate of drug-likeness (QED) is 0.787. The van der Waals surface area contributed by atoms with Gasteiger partial charge in [0.1, 0.15) is 5.82 Å². The molecular formula is C11H9FN2O2. The number of H-pyrrole nitrogens is 1. The number of aromatic amines is 1. The summed E-state index contributed by atoms with van der Waals surface area (Å²) < 4.78 is 18.0. The number of halogens is 1. The Hall–Kier alpha value is -2.17. The summed E-state index contributed by atoms with van der Waals surface area (Å²) in [7, 11) is 1.21. The van der Waals surface area contributed by atoms with E-state index < -0.39 is 11.8 Å². The normalized spacial score (nSPS) is 10.1. The maximum absolute atomic E-state index is 13.5. The molecule has 0 unspecified atom stereocenters. The SMILES string of the molecule is COC(=O)c1ccc(-c2ccn[nH]2)cc1F. The third-order valence-corrected chi connectivity index (χ3v) is 2.19. The van der Waals surface area contributed by atoms with E-state index in [9.17, 15) is 9.18 Å². The van der Waals surface area contributed by atoms with Crippen molar-refractivity contribution in [2.45, 2.75) is 0 Å². The Labute approximate surface area is 91.1 Å². The summed E-state index contributed by atoms with van der Waals surface area (Å²) in [5, 5.41) is 6.47. The predicted octanol–water partition coefficient (Wildman–Crippen LogP) is 2.00. The molecule has 0 fully saturated rings. The van der Waals surface area contributed by atoms with Crippen LogP contribution in [0, 0.1) is 5.82 Å². The minimum atomic E-state index is -0.686. The average Bonchev–Trinajstić information content (AvgIpc) is 2.81. The number of carbonyl (C=O) groups excluding carboxylic acids is 1. The zero-order valence-electron chi connectivity index (χ0n) is 8.53. The molecule has 0 aliphatic rings. The van der Waals surface area contributed by atoms with Crippen molar-refractivity contribution in [3.8, 4) is 11.3 Å². The monoisotopic (exact) mass is 220 g/mol. The number of nitrogens with zero attached hydrogens (tertiary/aromatic N) is 1. The predicted molar refractivity (Wildman–Crippen MR) is 55.3 cm³/mol. The molecule has 1 N–H and O–H groups in total. The van der Waals surface area contributed by atoms with Gasteiger partial charge in [0.15, 0.2) is 0 Å². The van der Waals surface area contributed by atoms with Crippen molar-refractivity contribution in [2.75, 3.05) is 7.11 Å². The third-order valence-electron chi connectivity index (χ3n) is 2.19. The van der Waals surface area contributed by atoms with Crippen LogP contribution in [-0.2, 0) is 4.74 Å². The highest BCUT2D eigenvalue weighted by molar-refractivity contribution is 5.90. The van der Waals surface area contributed by atoms with Gasteiger partial charge in [0, 0.05) is 11.8 Å². The first kappa shape index (κ1) is 10.4. The highest BCUT2D eigenvalue weighted by atomic mass is 19.1. The highest BCUT2D eigenvalue weighted by Crippen LogP contribution is 2.19. The molecule has 0 amide bonds. The van der Waals surface area contributed by atoms with E-state index in [4.69, 9.17) is 0 Å². The molecule has 0 aliphatic carbocycles. The maximum Gasteiger partial charge on any atom is 0.340 e. The smallest absolute Gasteiger partial charge is 0.340 e. The first-order valence-electron chi connectivity index (χ1n) is 4.60. The van der Waals surface area contributed by atoms with Crippen molar-refractivity contribution in [3.63, 3.8) is 0 Å². The van der Waals surface area contributed by atoms with Crippen LogP contribution in [0.2, 0.25) is 0 Å². The molecular weight excluding hydrogens is 211 g/mol. The highest BCUT2D eigenvalue weighted by Gasteiger charge is 2.12. The van der Waals surface area contributed by atoms with Gasteiger partial charge in [0.25, 0.3) is 0 Å². The number of benzene rings is 1. The number of nitrogens with one attached hydrogen (secondary N) is 1. The van der Waals surface area contributed by atoms with Crippen molar-refractivity contribution in [1.82, 2.24) is 10.2 Å². The molecule has 1 aromatic heterocycles. The zero-order valence-corrected chi connectivity index (χ0v) is 8.53. The van der Waals surface area contributed by atoms with Crippen LogP contribution in [0.1, 0.15) is 10.4 Å². The largest absolute Gasteiger partial charge is 0.465 e. The molecule has 0 saturated carbocycles. The topological polar surface area (TPSA) is 55.0 Å². The molecule has 0 atom stereocenters. The molecule has 0 spiro atoms.